The maximum atomic E-state index is 6.28. The average Bonchev–Trinajstić information content (AvgIpc) is 2.74. The van der Waals surface area contributed by atoms with E-state index in [0.717, 1.165) is 28.1 Å². The normalized spacial score (nSPS) is 11.1. The van der Waals surface area contributed by atoms with Crippen molar-refractivity contribution in [1.82, 2.24) is 9.97 Å². The number of hydrogen-bond acceptors (Lipinski definition) is 2. The molecule has 0 aliphatic carbocycles. The molecule has 0 aliphatic heterocycles. The SMILES string of the molecule is Clc1ccc(/C=C/c2cc(-c3ccccc3)nc(-c3ccccc3)n2)c(Cl)c1. The van der Waals surface area contributed by atoms with Gasteiger partial charge in [-0.3, -0.25) is 0 Å². The monoisotopic (exact) mass is 402 g/mol. The Labute approximate surface area is 174 Å². The van der Waals surface area contributed by atoms with Gasteiger partial charge < -0.3 is 0 Å². The number of hydrogen-bond donors (Lipinski definition) is 0. The molecule has 0 amide bonds. The van der Waals surface area contributed by atoms with Gasteiger partial charge in [-0.1, -0.05) is 96.0 Å². The molecule has 0 fully saturated rings. The largest absolute Gasteiger partial charge is 0.229 e. The van der Waals surface area contributed by atoms with Crippen LogP contribution in [-0.2, 0) is 0 Å². The highest BCUT2D eigenvalue weighted by molar-refractivity contribution is 6.35. The van der Waals surface area contributed by atoms with E-state index in [9.17, 15) is 0 Å². The molecule has 0 bridgehead atoms. The van der Waals surface area contributed by atoms with Crippen molar-refractivity contribution < 1.29 is 0 Å². The molecule has 0 saturated heterocycles. The molecule has 28 heavy (non-hydrogen) atoms. The molecule has 1 heterocycles. The third-order valence-electron chi connectivity index (χ3n) is 4.24. The molecule has 0 unspecified atom stereocenters. The zero-order valence-corrected chi connectivity index (χ0v) is 16.4. The highest BCUT2D eigenvalue weighted by Crippen LogP contribution is 2.25. The van der Waals surface area contributed by atoms with Crippen molar-refractivity contribution in [2.24, 2.45) is 0 Å². The van der Waals surface area contributed by atoms with Gasteiger partial charge in [-0.25, -0.2) is 9.97 Å². The van der Waals surface area contributed by atoms with Crippen molar-refractivity contribution >= 4 is 35.4 Å². The number of benzene rings is 3. The van der Waals surface area contributed by atoms with E-state index in [-0.39, 0.29) is 0 Å². The molecule has 4 aromatic rings. The Bertz CT molecular complexity index is 1070. The van der Waals surface area contributed by atoms with E-state index in [1.807, 2.05) is 91.0 Å². The van der Waals surface area contributed by atoms with Gasteiger partial charge in [0.25, 0.3) is 0 Å². The topological polar surface area (TPSA) is 25.8 Å². The lowest BCUT2D eigenvalue weighted by atomic mass is 10.1. The van der Waals surface area contributed by atoms with E-state index in [1.165, 1.54) is 0 Å². The van der Waals surface area contributed by atoms with Gasteiger partial charge in [0.15, 0.2) is 5.82 Å². The molecule has 3 aromatic carbocycles. The summed E-state index contributed by atoms with van der Waals surface area (Å²) >= 11 is 12.3. The quantitative estimate of drug-likeness (QED) is 0.358. The first-order chi connectivity index (χ1) is 13.7. The molecule has 2 nitrogen and oxygen atoms in total. The van der Waals surface area contributed by atoms with Crippen LogP contribution < -0.4 is 0 Å². The van der Waals surface area contributed by atoms with Crippen LogP contribution in [0.1, 0.15) is 11.3 Å². The van der Waals surface area contributed by atoms with Crippen LogP contribution in [0.4, 0.5) is 0 Å². The molecule has 136 valence electrons. The Kier molecular flexibility index (Phi) is 5.52. The minimum atomic E-state index is 0.601. The van der Waals surface area contributed by atoms with Gasteiger partial charge in [0.1, 0.15) is 0 Å². The van der Waals surface area contributed by atoms with Crippen LogP contribution in [0.25, 0.3) is 34.8 Å². The fourth-order valence-corrected chi connectivity index (χ4v) is 3.31. The van der Waals surface area contributed by atoms with Crippen LogP contribution >= 0.6 is 23.2 Å². The van der Waals surface area contributed by atoms with Crippen molar-refractivity contribution in [3.05, 3.63) is 106 Å². The maximum Gasteiger partial charge on any atom is 0.160 e. The van der Waals surface area contributed by atoms with E-state index in [4.69, 9.17) is 33.2 Å². The van der Waals surface area contributed by atoms with Crippen molar-refractivity contribution in [2.45, 2.75) is 0 Å². The summed E-state index contributed by atoms with van der Waals surface area (Å²) < 4.78 is 0. The number of nitrogens with zero attached hydrogens (tertiary/aromatic N) is 2. The summed E-state index contributed by atoms with van der Waals surface area (Å²) in [5.41, 5.74) is 4.57. The summed E-state index contributed by atoms with van der Waals surface area (Å²) in [5, 5.41) is 1.21. The van der Waals surface area contributed by atoms with Crippen molar-refractivity contribution in [3.63, 3.8) is 0 Å². The smallest absolute Gasteiger partial charge is 0.160 e. The van der Waals surface area contributed by atoms with Crippen molar-refractivity contribution in [1.29, 1.82) is 0 Å². The van der Waals surface area contributed by atoms with E-state index in [0.29, 0.717) is 15.9 Å². The average molecular weight is 403 g/mol. The molecule has 0 N–H and O–H groups in total. The Morgan fingerprint density at radius 1 is 0.643 bits per heavy atom. The molecular weight excluding hydrogens is 387 g/mol. The summed E-state index contributed by atoms with van der Waals surface area (Å²) in [6, 6.07) is 27.5. The Morgan fingerprint density at radius 3 is 2.00 bits per heavy atom. The van der Waals surface area contributed by atoms with Gasteiger partial charge in [0.2, 0.25) is 0 Å². The summed E-state index contributed by atoms with van der Waals surface area (Å²) in [4.78, 5) is 9.49. The second-order valence-corrected chi connectivity index (χ2v) is 7.08. The van der Waals surface area contributed by atoms with Gasteiger partial charge >= 0.3 is 0 Å². The third kappa shape index (κ3) is 4.30. The zero-order valence-electron chi connectivity index (χ0n) is 14.9. The summed E-state index contributed by atoms with van der Waals surface area (Å²) in [7, 11) is 0. The molecule has 4 rings (SSSR count). The fraction of sp³-hybridized carbons (Fsp3) is 0. The first-order valence-electron chi connectivity index (χ1n) is 8.82. The van der Waals surface area contributed by atoms with E-state index < -0.39 is 0 Å². The molecule has 0 spiro atoms. The first-order valence-corrected chi connectivity index (χ1v) is 9.58. The second kappa shape index (κ2) is 8.39. The van der Waals surface area contributed by atoms with Crippen LogP contribution in [0.5, 0.6) is 0 Å². The maximum absolute atomic E-state index is 6.28. The van der Waals surface area contributed by atoms with Gasteiger partial charge in [-0.15, -0.1) is 0 Å². The lowest BCUT2D eigenvalue weighted by Gasteiger charge is -2.07. The third-order valence-corrected chi connectivity index (χ3v) is 4.81. The Balaban J connectivity index is 1.79. The lowest BCUT2D eigenvalue weighted by Crippen LogP contribution is -1.95. The van der Waals surface area contributed by atoms with E-state index in [2.05, 4.69) is 0 Å². The van der Waals surface area contributed by atoms with Crippen LogP contribution in [0, 0.1) is 0 Å². The molecule has 0 aliphatic rings. The fourth-order valence-electron chi connectivity index (χ4n) is 2.84. The number of halogens is 2. The van der Waals surface area contributed by atoms with Gasteiger partial charge in [0, 0.05) is 21.2 Å². The highest BCUT2D eigenvalue weighted by atomic mass is 35.5. The van der Waals surface area contributed by atoms with E-state index in [1.54, 1.807) is 6.07 Å². The van der Waals surface area contributed by atoms with E-state index >= 15 is 0 Å². The predicted octanol–water partition coefficient (Wildman–Crippen LogP) is 7.29. The zero-order chi connectivity index (χ0) is 19.3. The summed E-state index contributed by atoms with van der Waals surface area (Å²) in [6.45, 7) is 0. The summed E-state index contributed by atoms with van der Waals surface area (Å²) in [5.74, 6) is 0.684. The Morgan fingerprint density at radius 2 is 1.32 bits per heavy atom. The van der Waals surface area contributed by atoms with Gasteiger partial charge in [0.05, 0.1) is 11.4 Å². The number of rotatable bonds is 4. The Hall–Kier alpha value is -2.94. The molecular formula is C24H16Cl2N2. The standard InChI is InChI=1S/C24H16Cl2N2/c25-20-13-11-17(22(26)15-20)12-14-21-16-23(18-7-3-1-4-8-18)28-24(27-21)19-9-5-2-6-10-19/h1-16H/b14-12+. The van der Waals surface area contributed by atoms with Crippen LogP contribution in [0.15, 0.2) is 84.9 Å². The van der Waals surface area contributed by atoms with Gasteiger partial charge in [-0.2, -0.15) is 0 Å². The van der Waals surface area contributed by atoms with Crippen LogP contribution in [0.3, 0.4) is 0 Å². The second-order valence-electron chi connectivity index (χ2n) is 6.23. The minimum Gasteiger partial charge on any atom is -0.229 e. The number of aromatic nitrogens is 2. The minimum absolute atomic E-state index is 0.601. The van der Waals surface area contributed by atoms with Crippen LogP contribution in [-0.4, -0.2) is 9.97 Å². The lowest BCUT2D eigenvalue weighted by molar-refractivity contribution is 1.16. The molecule has 1 aromatic heterocycles. The molecule has 0 radical (unpaired) electrons. The summed E-state index contributed by atoms with van der Waals surface area (Å²) in [6.07, 6.45) is 3.88. The molecule has 0 atom stereocenters. The van der Waals surface area contributed by atoms with Gasteiger partial charge in [-0.05, 0) is 29.8 Å². The first kappa shape index (κ1) is 18.4. The highest BCUT2D eigenvalue weighted by Gasteiger charge is 2.07. The van der Waals surface area contributed by atoms with Crippen molar-refractivity contribution in [3.8, 4) is 22.6 Å². The molecule has 0 saturated carbocycles. The van der Waals surface area contributed by atoms with Crippen molar-refractivity contribution in [2.75, 3.05) is 0 Å². The van der Waals surface area contributed by atoms with Crippen LogP contribution in [0.2, 0.25) is 10.0 Å². The molecule has 4 heteroatoms. The predicted molar refractivity (Wildman–Crippen MR) is 118 cm³/mol.